The van der Waals surface area contributed by atoms with Crippen molar-refractivity contribution in [1.29, 1.82) is 0 Å². The van der Waals surface area contributed by atoms with Crippen molar-refractivity contribution in [2.24, 2.45) is 7.05 Å². The van der Waals surface area contributed by atoms with Gasteiger partial charge >= 0.3 is 5.97 Å². The Morgan fingerprint density at radius 3 is 2.42 bits per heavy atom. The molecule has 2 atom stereocenters. The summed E-state index contributed by atoms with van der Waals surface area (Å²) in [6, 6.07) is 9.56. The minimum Gasteiger partial charge on any atom is -0.481 e. The number of hydrogen-bond donors (Lipinski definition) is 2. The molecule has 0 saturated carbocycles. The predicted molar refractivity (Wildman–Crippen MR) is 100 cm³/mol. The van der Waals surface area contributed by atoms with Crippen LogP contribution in [0.2, 0.25) is 0 Å². The molecule has 2 unspecified atom stereocenters. The number of amides is 1. The van der Waals surface area contributed by atoms with Crippen LogP contribution in [0.15, 0.2) is 30.3 Å². The Balaban J connectivity index is 2.12. The van der Waals surface area contributed by atoms with Gasteiger partial charge in [-0.3, -0.25) is 14.3 Å². The van der Waals surface area contributed by atoms with Gasteiger partial charge in [0.05, 0.1) is 11.6 Å². The average Bonchev–Trinajstić information content (AvgIpc) is 2.85. The van der Waals surface area contributed by atoms with Crippen LogP contribution < -0.4 is 5.32 Å². The molecule has 140 valence electrons. The Bertz CT molecular complexity index is 768. The van der Waals surface area contributed by atoms with Crippen LogP contribution in [0.1, 0.15) is 48.2 Å². The second-order valence-corrected chi connectivity index (χ2v) is 6.76. The molecule has 0 aliphatic heterocycles. The fraction of sp³-hybridized carbons (Fsp3) is 0.450. The van der Waals surface area contributed by atoms with Crippen LogP contribution in [0.3, 0.4) is 0 Å². The first-order valence-corrected chi connectivity index (χ1v) is 8.85. The van der Waals surface area contributed by atoms with Gasteiger partial charge < -0.3 is 10.4 Å². The van der Waals surface area contributed by atoms with Gasteiger partial charge in [0, 0.05) is 30.8 Å². The van der Waals surface area contributed by atoms with E-state index in [9.17, 15) is 9.59 Å². The molecule has 26 heavy (non-hydrogen) atoms. The second kappa shape index (κ2) is 8.65. The Hall–Kier alpha value is -2.63. The molecular formula is C20H27N3O3. The topological polar surface area (TPSA) is 84.2 Å². The van der Waals surface area contributed by atoms with Crippen molar-refractivity contribution < 1.29 is 14.7 Å². The molecule has 1 amide bonds. The van der Waals surface area contributed by atoms with Crippen LogP contribution in [0.25, 0.3) is 0 Å². The third-order valence-corrected chi connectivity index (χ3v) is 4.77. The van der Waals surface area contributed by atoms with Crippen LogP contribution in [-0.2, 0) is 23.1 Å². The maximum Gasteiger partial charge on any atom is 0.303 e. The quantitative estimate of drug-likeness (QED) is 0.761. The van der Waals surface area contributed by atoms with Crippen molar-refractivity contribution in [3.63, 3.8) is 0 Å². The van der Waals surface area contributed by atoms with E-state index in [0.717, 1.165) is 22.5 Å². The number of carboxylic acids is 1. The Kier molecular flexibility index (Phi) is 6.55. The molecule has 6 nitrogen and oxygen atoms in total. The van der Waals surface area contributed by atoms with E-state index in [1.807, 2.05) is 58.2 Å². The Morgan fingerprint density at radius 2 is 1.88 bits per heavy atom. The highest BCUT2D eigenvalue weighted by Gasteiger charge is 2.25. The largest absolute Gasteiger partial charge is 0.481 e. The minimum absolute atomic E-state index is 0.0249. The van der Waals surface area contributed by atoms with E-state index in [0.29, 0.717) is 12.8 Å². The fourth-order valence-electron chi connectivity index (χ4n) is 3.30. The predicted octanol–water partition coefficient (Wildman–Crippen LogP) is 2.73. The number of aromatic nitrogens is 2. The number of nitrogens with one attached hydrogen (secondary N) is 1. The number of hydrogen-bond acceptors (Lipinski definition) is 3. The molecule has 1 aromatic carbocycles. The summed E-state index contributed by atoms with van der Waals surface area (Å²) in [5.74, 6) is -1.30. The lowest BCUT2D eigenvalue weighted by Gasteiger charge is -2.21. The first-order chi connectivity index (χ1) is 12.3. The number of aliphatic carboxylic acids is 1. The molecule has 0 saturated heterocycles. The van der Waals surface area contributed by atoms with E-state index in [-0.39, 0.29) is 24.3 Å². The number of rotatable bonds is 8. The first kappa shape index (κ1) is 19.7. The van der Waals surface area contributed by atoms with Gasteiger partial charge in [-0.2, -0.15) is 5.10 Å². The monoisotopic (exact) mass is 357 g/mol. The Labute approximate surface area is 154 Å². The van der Waals surface area contributed by atoms with Gasteiger partial charge in [0.25, 0.3) is 0 Å². The van der Waals surface area contributed by atoms with Gasteiger partial charge in [0.1, 0.15) is 0 Å². The number of nitrogens with zero attached hydrogens (tertiary/aromatic N) is 2. The molecule has 0 bridgehead atoms. The molecule has 0 fully saturated rings. The van der Waals surface area contributed by atoms with Crippen LogP contribution >= 0.6 is 0 Å². The summed E-state index contributed by atoms with van der Waals surface area (Å²) in [7, 11) is 1.86. The molecule has 1 aromatic heterocycles. The van der Waals surface area contributed by atoms with Crippen LogP contribution in [-0.4, -0.2) is 32.8 Å². The molecule has 2 aromatic rings. The van der Waals surface area contributed by atoms with Crippen molar-refractivity contribution in [3.8, 4) is 0 Å². The first-order valence-electron chi connectivity index (χ1n) is 8.85. The maximum absolute atomic E-state index is 12.8. The third kappa shape index (κ3) is 4.94. The zero-order valence-corrected chi connectivity index (χ0v) is 15.8. The molecule has 1 heterocycles. The number of carbonyl (C=O) groups excluding carboxylic acids is 1. The highest BCUT2D eigenvalue weighted by atomic mass is 16.4. The number of carbonyl (C=O) groups is 2. The third-order valence-electron chi connectivity index (χ3n) is 4.77. The zero-order valence-electron chi connectivity index (χ0n) is 15.8. The normalized spacial score (nSPS) is 13.2. The van der Waals surface area contributed by atoms with E-state index < -0.39 is 5.97 Å². The summed E-state index contributed by atoms with van der Waals surface area (Å²) >= 11 is 0. The highest BCUT2D eigenvalue weighted by Crippen LogP contribution is 2.23. The molecule has 0 spiro atoms. The molecule has 0 aliphatic rings. The van der Waals surface area contributed by atoms with E-state index in [4.69, 9.17) is 5.11 Å². The number of benzene rings is 1. The van der Waals surface area contributed by atoms with Gasteiger partial charge in [0.2, 0.25) is 5.91 Å². The summed E-state index contributed by atoms with van der Waals surface area (Å²) < 4.78 is 1.78. The highest BCUT2D eigenvalue weighted by molar-refractivity contribution is 5.84. The SMILES string of the molecule is Cc1nn(C)c(C)c1C(C)C(=O)NC(CCC(=O)O)Cc1ccccc1. The molecule has 2 rings (SSSR count). The van der Waals surface area contributed by atoms with Gasteiger partial charge in [-0.05, 0) is 39.2 Å². The van der Waals surface area contributed by atoms with Crippen molar-refractivity contribution in [3.05, 3.63) is 52.8 Å². The van der Waals surface area contributed by atoms with Gasteiger partial charge in [-0.25, -0.2) is 0 Å². The number of carboxylic acid groups (broad SMARTS) is 1. The minimum atomic E-state index is -0.857. The van der Waals surface area contributed by atoms with Crippen molar-refractivity contribution in [2.75, 3.05) is 0 Å². The molecule has 2 N–H and O–H groups in total. The van der Waals surface area contributed by atoms with E-state index in [1.54, 1.807) is 4.68 Å². The molecule has 0 radical (unpaired) electrons. The lowest BCUT2D eigenvalue weighted by molar-refractivity contribution is -0.137. The molecule has 6 heteroatoms. The van der Waals surface area contributed by atoms with Gasteiger partial charge in [0.15, 0.2) is 0 Å². The van der Waals surface area contributed by atoms with Gasteiger partial charge in [-0.1, -0.05) is 30.3 Å². The molecular weight excluding hydrogens is 330 g/mol. The Morgan fingerprint density at radius 1 is 1.23 bits per heavy atom. The second-order valence-electron chi connectivity index (χ2n) is 6.76. The number of aryl methyl sites for hydroxylation is 2. The average molecular weight is 357 g/mol. The standard InChI is InChI=1S/C20H27N3O3/c1-13(19-14(2)22-23(4)15(19)3)20(26)21-17(10-11-18(24)25)12-16-8-6-5-7-9-16/h5-9,13,17H,10-12H2,1-4H3,(H,21,26)(H,24,25). The molecule has 0 aliphatic carbocycles. The zero-order chi connectivity index (χ0) is 19.3. The maximum atomic E-state index is 12.8. The van der Waals surface area contributed by atoms with E-state index in [1.165, 1.54) is 0 Å². The smallest absolute Gasteiger partial charge is 0.303 e. The van der Waals surface area contributed by atoms with Crippen LogP contribution in [0, 0.1) is 13.8 Å². The summed E-state index contributed by atoms with van der Waals surface area (Å²) in [5, 5.41) is 16.4. The lowest BCUT2D eigenvalue weighted by Crippen LogP contribution is -2.39. The van der Waals surface area contributed by atoms with Crippen LogP contribution in [0.4, 0.5) is 0 Å². The lowest BCUT2D eigenvalue weighted by atomic mass is 9.96. The van der Waals surface area contributed by atoms with Crippen molar-refractivity contribution >= 4 is 11.9 Å². The van der Waals surface area contributed by atoms with Gasteiger partial charge in [-0.15, -0.1) is 0 Å². The van der Waals surface area contributed by atoms with E-state index in [2.05, 4.69) is 10.4 Å². The fourth-order valence-corrected chi connectivity index (χ4v) is 3.30. The summed E-state index contributed by atoms with van der Waals surface area (Å²) in [4.78, 5) is 23.8. The summed E-state index contributed by atoms with van der Waals surface area (Å²) in [5.41, 5.74) is 3.82. The summed E-state index contributed by atoms with van der Waals surface area (Å²) in [6.45, 7) is 5.71. The van der Waals surface area contributed by atoms with Crippen molar-refractivity contribution in [1.82, 2.24) is 15.1 Å². The van der Waals surface area contributed by atoms with Crippen molar-refractivity contribution in [2.45, 2.75) is 52.0 Å². The van der Waals surface area contributed by atoms with E-state index >= 15 is 0 Å². The van der Waals surface area contributed by atoms with Crippen LogP contribution in [0.5, 0.6) is 0 Å². The summed E-state index contributed by atoms with van der Waals surface area (Å²) in [6.07, 6.45) is 1.03.